The lowest BCUT2D eigenvalue weighted by atomic mass is 9.92. The van der Waals surface area contributed by atoms with E-state index in [9.17, 15) is 0 Å². The maximum atomic E-state index is 3.67. The summed E-state index contributed by atoms with van der Waals surface area (Å²) in [4.78, 5) is 5.01. The van der Waals surface area contributed by atoms with Gasteiger partial charge in [0.1, 0.15) is 0 Å². The number of nitrogens with one attached hydrogen (secondary N) is 1. The molecule has 1 fully saturated rings. The highest BCUT2D eigenvalue weighted by Crippen LogP contribution is 2.21. The fourth-order valence-electron chi connectivity index (χ4n) is 3.55. The predicted molar refractivity (Wildman–Crippen MR) is 88.5 cm³/mol. The maximum absolute atomic E-state index is 3.67. The number of nitrogens with zero attached hydrogens (tertiary/aromatic N) is 2. The number of fused-ring (bicyclic) bond motifs is 1. The summed E-state index contributed by atoms with van der Waals surface area (Å²) in [6.07, 6.45) is 3.77. The zero-order valence-electron chi connectivity index (χ0n) is 13.6. The Bertz CT molecular complexity index is 464. The van der Waals surface area contributed by atoms with Crippen molar-refractivity contribution in [3.8, 4) is 0 Å². The summed E-state index contributed by atoms with van der Waals surface area (Å²) in [7, 11) is 2.22. The lowest BCUT2D eigenvalue weighted by Crippen LogP contribution is -2.43. The number of benzene rings is 1. The van der Waals surface area contributed by atoms with Crippen molar-refractivity contribution in [1.29, 1.82) is 0 Å². The van der Waals surface area contributed by atoms with Crippen LogP contribution in [0.15, 0.2) is 18.2 Å². The van der Waals surface area contributed by atoms with E-state index in [0.717, 1.165) is 13.1 Å². The van der Waals surface area contributed by atoms with Crippen LogP contribution < -0.4 is 5.32 Å². The standard InChI is InChI=1S/C18H29N3/c1-3-4-18-12-17-11-15(5-6-16(17)13-19-18)14-21-9-7-20(2)8-10-21/h5-6,11,18-19H,3-4,7-10,12-14H2,1-2H3. The summed E-state index contributed by atoms with van der Waals surface area (Å²) in [5.41, 5.74) is 4.58. The fourth-order valence-corrected chi connectivity index (χ4v) is 3.55. The molecule has 1 atom stereocenters. The first-order valence-electron chi connectivity index (χ1n) is 8.49. The first-order chi connectivity index (χ1) is 10.2. The van der Waals surface area contributed by atoms with Gasteiger partial charge in [0.15, 0.2) is 0 Å². The zero-order chi connectivity index (χ0) is 14.7. The molecule has 0 aromatic heterocycles. The monoisotopic (exact) mass is 287 g/mol. The van der Waals surface area contributed by atoms with Crippen LogP contribution in [0.3, 0.4) is 0 Å². The summed E-state index contributed by atoms with van der Waals surface area (Å²) in [5, 5.41) is 3.67. The van der Waals surface area contributed by atoms with E-state index in [-0.39, 0.29) is 0 Å². The van der Waals surface area contributed by atoms with E-state index in [0.29, 0.717) is 6.04 Å². The molecule has 1 N–H and O–H groups in total. The average Bonchev–Trinajstić information content (AvgIpc) is 2.50. The molecule has 0 saturated carbocycles. The van der Waals surface area contributed by atoms with Crippen LogP contribution in [-0.2, 0) is 19.5 Å². The van der Waals surface area contributed by atoms with Gasteiger partial charge < -0.3 is 10.2 Å². The van der Waals surface area contributed by atoms with E-state index in [1.54, 1.807) is 5.56 Å². The van der Waals surface area contributed by atoms with Crippen molar-refractivity contribution in [3.63, 3.8) is 0 Å². The Morgan fingerprint density at radius 2 is 1.95 bits per heavy atom. The van der Waals surface area contributed by atoms with Crippen molar-refractivity contribution < 1.29 is 0 Å². The Morgan fingerprint density at radius 1 is 1.14 bits per heavy atom. The molecule has 3 nitrogen and oxygen atoms in total. The Balaban J connectivity index is 1.64. The van der Waals surface area contributed by atoms with E-state index in [2.05, 4.69) is 47.3 Å². The molecule has 3 rings (SSSR count). The van der Waals surface area contributed by atoms with E-state index in [1.165, 1.54) is 56.6 Å². The molecular weight excluding hydrogens is 258 g/mol. The minimum Gasteiger partial charge on any atom is -0.310 e. The van der Waals surface area contributed by atoms with E-state index in [4.69, 9.17) is 0 Å². The van der Waals surface area contributed by atoms with Gasteiger partial charge in [0.2, 0.25) is 0 Å². The molecule has 116 valence electrons. The van der Waals surface area contributed by atoms with Crippen LogP contribution in [0.4, 0.5) is 0 Å². The molecule has 1 aromatic rings. The van der Waals surface area contributed by atoms with Crippen LogP contribution in [0.2, 0.25) is 0 Å². The third-order valence-corrected chi connectivity index (χ3v) is 4.96. The lowest BCUT2D eigenvalue weighted by molar-refractivity contribution is 0.148. The quantitative estimate of drug-likeness (QED) is 0.916. The summed E-state index contributed by atoms with van der Waals surface area (Å²) in [5.74, 6) is 0. The highest BCUT2D eigenvalue weighted by Gasteiger charge is 2.18. The number of piperazine rings is 1. The van der Waals surface area contributed by atoms with Crippen molar-refractivity contribution in [2.24, 2.45) is 0 Å². The highest BCUT2D eigenvalue weighted by atomic mass is 15.2. The van der Waals surface area contributed by atoms with Gasteiger partial charge in [0.05, 0.1) is 0 Å². The van der Waals surface area contributed by atoms with Crippen LogP contribution in [0.5, 0.6) is 0 Å². The molecule has 3 heteroatoms. The Morgan fingerprint density at radius 3 is 2.71 bits per heavy atom. The normalized spacial score (nSPS) is 24.0. The third kappa shape index (κ3) is 3.85. The van der Waals surface area contributed by atoms with Gasteiger partial charge >= 0.3 is 0 Å². The van der Waals surface area contributed by atoms with Gasteiger partial charge in [-0.05, 0) is 36.6 Å². The Labute approximate surface area is 129 Å². The molecule has 0 bridgehead atoms. The first-order valence-corrected chi connectivity index (χ1v) is 8.49. The molecule has 1 aromatic carbocycles. The molecule has 0 spiro atoms. The first kappa shape index (κ1) is 15.0. The van der Waals surface area contributed by atoms with Crippen molar-refractivity contribution in [2.45, 2.75) is 45.3 Å². The minimum atomic E-state index is 0.682. The predicted octanol–water partition coefficient (Wildman–Crippen LogP) is 2.25. The topological polar surface area (TPSA) is 18.5 Å². The maximum Gasteiger partial charge on any atom is 0.0234 e. The van der Waals surface area contributed by atoms with Crippen molar-refractivity contribution >= 4 is 0 Å². The van der Waals surface area contributed by atoms with Gasteiger partial charge in [0, 0.05) is 45.3 Å². The second-order valence-corrected chi connectivity index (χ2v) is 6.75. The summed E-state index contributed by atoms with van der Waals surface area (Å²) in [6.45, 7) is 9.25. The summed E-state index contributed by atoms with van der Waals surface area (Å²) < 4.78 is 0. The number of hydrogen-bond donors (Lipinski definition) is 1. The Hall–Kier alpha value is -0.900. The van der Waals surface area contributed by atoms with Crippen LogP contribution in [0.1, 0.15) is 36.5 Å². The smallest absolute Gasteiger partial charge is 0.0234 e. The van der Waals surface area contributed by atoms with Crippen LogP contribution in [0, 0.1) is 0 Å². The molecule has 1 unspecified atom stereocenters. The lowest BCUT2D eigenvalue weighted by Gasteiger charge is -2.33. The summed E-state index contributed by atoms with van der Waals surface area (Å²) >= 11 is 0. The van der Waals surface area contributed by atoms with Gasteiger partial charge in [-0.1, -0.05) is 31.5 Å². The van der Waals surface area contributed by atoms with Gasteiger partial charge in [-0.2, -0.15) is 0 Å². The average molecular weight is 287 g/mol. The summed E-state index contributed by atoms with van der Waals surface area (Å²) in [6, 6.07) is 7.83. The molecule has 2 heterocycles. The van der Waals surface area contributed by atoms with Crippen LogP contribution >= 0.6 is 0 Å². The SMILES string of the molecule is CCCC1Cc2cc(CN3CCN(C)CC3)ccc2CN1. The van der Waals surface area contributed by atoms with Gasteiger partial charge in [-0.25, -0.2) is 0 Å². The van der Waals surface area contributed by atoms with E-state index >= 15 is 0 Å². The van der Waals surface area contributed by atoms with E-state index < -0.39 is 0 Å². The second kappa shape index (κ2) is 6.91. The molecule has 0 amide bonds. The van der Waals surface area contributed by atoms with Gasteiger partial charge in [0.25, 0.3) is 0 Å². The second-order valence-electron chi connectivity index (χ2n) is 6.75. The van der Waals surface area contributed by atoms with Crippen molar-refractivity contribution in [2.75, 3.05) is 33.2 Å². The minimum absolute atomic E-state index is 0.682. The van der Waals surface area contributed by atoms with Gasteiger partial charge in [-0.3, -0.25) is 4.90 Å². The largest absolute Gasteiger partial charge is 0.310 e. The van der Waals surface area contributed by atoms with Gasteiger partial charge in [-0.15, -0.1) is 0 Å². The van der Waals surface area contributed by atoms with Crippen molar-refractivity contribution in [1.82, 2.24) is 15.1 Å². The molecule has 0 radical (unpaired) electrons. The van der Waals surface area contributed by atoms with Crippen molar-refractivity contribution in [3.05, 3.63) is 34.9 Å². The molecule has 2 aliphatic rings. The van der Waals surface area contributed by atoms with Crippen LogP contribution in [0.25, 0.3) is 0 Å². The molecule has 0 aliphatic carbocycles. The Kier molecular flexibility index (Phi) is 4.94. The molecular formula is C18H29N3. The third-order valence-electron chi connectivity index (χ3n) is 4.96. The molecule has 1 saturated heterocycles. The number of rotatable bonds is 4. The number of likely N-dealkylation sites (N-methyl/N-ethyl adjacent to an activating group) is 1. The van der Waals surface area contributed by atoms with E-state index in [1.807, 2.05) is 0 Å². The fraction of sp³-hybridized carbons (Fsp3) is 0.667. The molecule has 2 aliphatic heterocycles. The highest BCUT2D eigenvalue weighted by molar-refractivity contribution is 5.34. The molecule has 21 heavy (non-hydrogen) atoms. The number of hydrogen-bond acceptors (Lipinski definition) is 3. The van der Waals surface area contributed by atoms with Crippen LogP contribution in [-0.4, -0.2) is 49.1 Å². The zero-order valence-corrected chi connectivity index (χ0v) is 13.6.